The first-order valence-electron chi connectivity index (χ1n) is 8.60. The van der Waals surface area contributed by atoms with Crippen molar-refractivity contribution in [2.45, 2.75) is 52.0 Å². The summed E-state index contributed by atoms with van der Waals surface area (Å²) in [5.41, 5.74) is 1.60. The minimum Gasteiger partial charge on any atom is -0.361 e. The second-order valence-corrected chi connectivity index (χ2v) is 8.66. The van der Waals surface area contributed by atoms with Crippen molar-refractivity contribution < 1.29 is 17.7 Å². The van der Waals surface area contributed by atoms with Gasteiger partial charge in [-0.15, -0.1) is 0 Å². The summed E-state index contributed by atoms with van der Waals surface area (Å²) < 4.78 is 32.4. The van der Waals surface area contributed by atoms with Gasteiger partial charge in [-0.2, -0.15) is 12.7 Å². The van der Waals surface area contributed by atoms with Crippen molar-refractivity contribution in [3.05, 3.63) is 17.0 Å². The van der Waals surface area contributed by atoms with E-state index in [2.05, 4.69) is 9.88 Å². The third kappa shape index (κ3) is 5.02. The van der Waals surface area contributed by atoms with Crippen LogP contribution < -0.4 is 4.72 Å². The maximum atomic E-state index is 12.8. The summed E-state index contributed by atoms with van der Waals surface area (Å²) >= 11 is 0. The van der Waals surface area contributed by atoms with Crippen molar-refractivity contribution in [3.63, 3.8) is 0 Å². The van der Waals surface area contributed by atoms with Gasteiger partial charge in [-0.1, -0.05) is 5.16 Å². The molecule has 1 aliphatic rings. The van der Waals surface area contributed by atoms with Gasteiger partial charge >= 0.3 is 0 Å². The van der Waals surface area contributed by atoms with Crippen LogP contribution in [-0.2, 0) is 21.4 Å². The molecule has 0 unspecified atom stereocenters. The van der Waals surface area contributed by atoms with E-state index < -0.39 is 10.2 Å². The van der Waals surface area contributed by atoms with Gasteiger partial charge in [-0.3, -0.25) is 4.79 Å². The van der Waals surface area contributed by atoms with Crippen molar-refractivity contribution in [3.8, 4) is 0 Å². The average molecular weight is 372 g/mol. The quantitative estimate of drug-likeness (QED) is 0.770. The molecule has 8 nitrogen and oxygen atoms in total. The molecule has 9 heteroatoms. The molecule has 1 aromatic rings. The van der Waals surface area contributed by atoms with E-state index in [0.29, 0.717) is 25.3 Å². The number of nitrogens with zero attached hydrogens (tertiary/aromatic N) is 3. The van der Waals surface area contributed by atoms with E-state index in [1.807, 2.05) is 18.7 Å². The Bertz CT molecular complexity index is 679. The molecule has 1 atom stereocenters. The van der Waals surface area contributed by atoms with Gasteiger partial charge in [-0.05, 0) is 39.5 Å². The molecule has 1 amide bonds. The Balaban J connectivity index is 1.96. The molecule has 2 heterocycles. The van der Waals surface area contributed by atoms with Crippen LogP contribution in [0.1, 0.15) is 42.7 Å². The molecule has 1 fully saturated rings. The normalized spacial score (nSPS) is 18.8. The van der Waals surface area contributed by atoms with Crippen LogP contribution in [0.3, 0.4) is 0 Å². The lowest BCUT2D eigenvalue weighted by atomic mass is 9.98. The van der Waals surface area contributed by atoms with Crippen molar-refractivity contribution >= 4 is 16.1 Å². The SMILES string of the molecule is Cc1noc(C)c1CC(=O)N1CCCC[C@@H]1CCNS(=O)(=O)N(C)C. The van der Waals surface area contributed by atoms with Gasteiger partial charge in [0.05, 0.1) is 12.1 Å². The Morgan fingerprint density at radius 2 is 2.08 bits per heavy atom. The summed E-state index contributed by atoms with van der Waals surface area (Å²) in [4.78, 5) is 14.6. The number of carbonyl (C=O) groups is 1. The number of aryl methyl sites for hydroxylation is 2. The summed E-state index contributed by atoms with van der Waals surface area (Å²) in [5.74, 6) is 0.729. The van der Waals surface area contributed by atoms with Gasteiger partial charge in [-0.25, -0.2) is 4.72 Å². The second-order valence-electron chi connectivity index (χ2n) is 6.69. The fraction of sp³-hybridized carbons (Fsp3) is 0.750. The molecular formula is C16H28N4O4S. The van der Waals surface area contributed by atoms with Gasteiger partial charge in [0.1, 0.15) is 5.76 Å². The zero-order valence-corrected chi connectivity index (χ0v) is 16.2. The van der Waals surface area contributed by atoms with Crippen LogP contribution in [-0.4, -0.2) is 61.9 Å². The molecule has 0 aliphatic carbocycles. The van der Waals surface area contributed by atoms with Crippen molar-refractivity contribution in [2.75, 3.05) is 27.2 Å². The van der Waals surface area contributed by atoms with Gasteiger partial charge in [0.15, 0.2) is 0 Å². The highest BCUT2D eigenvalue weighted by Gasteiger charge is 2.28. The molecule has 2 rings (SSSR count). The van der Waals surface area contributed by atoms with E-state index in [0.717, 1.165) is 34.8 Å². The van der Waals surface area contributed by atoms with Gasteiger partial charge in [0, 0.05) is 38.8 Å². The van der Waals surface area contributed by atoms with E-state index in [4.69, 9.17) is 4.52 Å². The predicted molar refractivity (Wildman–Crippen MR) is 94.3 cm³/mol. The topological polar surface area (TPSA) is 95.7 Å². The number of nitrogens with one attached hydrogen (secondary N) is 1. The lowest BCUT2D eigenvalue weighted by Crippen LogP contribution is -2.46. The summed E-state index contributed by atoms with van der Waals surface area (Å²) in [6.07, 6.45) is 3.83. The Morgan fingerprint density at radius 3 is 2.68 bits per heavy atom. The fourth-order valence-corrected chi connectivity index (χ4v) is 3.75. The number of amides is 1. The number of aromatic nitrogens is 1. The predicted octanol–water partition coefficient (Wildman–Crippen LogP) is 1.00. The highest BCUT2D eigenvalue weighted by atomic mass is 32.2. The Hall–Kier alpha value is -1.45. The smallest absolute Gasteiger partial charge is 0.278 e. The zero-order valence-electron chi connectivity index (χ0n) is 15.4. The molecule has 0 saturated carbocycles. The van der Waals surface area contributed by atoms with E-state index in [9.17, 15) is 13.2 Å². The molecule has 1 aromatic heterocycles. The highest BCUT2D eigenvalue weighted by Crippen LogP contribution is 2.22. The summed E-state index contributed by atoms with van der Waals surface area (Å²) in [7, 11) is -0.453. The van der Waals surface area contributed by atoms with Gasteiger partial charge in [0.25, 0.3) is 10.2 Å². The number of hydrogen-bond donors (Lipinski definition) is 1. The van der Waals surface area contributed by atoms with Crippen LogP contribution in [0.2, 0.25) is 0 Å². The number of likely N-dealkylation sites (tertiary alicyclic amines) is 1. The van der Waals surface area contributed by atoms with Crippen LogP contribution in [0, 0.1) is 13.8 Å². The first-order chi connectivity index (χ1) is 11.7. The molecule has 0 spiro atoms. The summed E-state index contributed by atoms with van der Waals surface area (Å²) in [6.45, 7) is 4.68. The molecule has 1 aliphatic heterocycles. The first kappa shape index (κ1) is 19.9. The van der Waals surface area contributed by atoms with Crippen LogP contribution in [0.15, 0.2) is 4.52 Å². The lowest BCUT2D eigenvalue weighted by Gasteiger charge is -2.36. The maximum absolute atomic E-state index is 12.8. The highest BCUT2D eigenvalue weighted by molar-refractivity contribution is 7.87. The Kier molecular flexibility index (Phi) is 6.59. The largest absolute Gasteiger partial charge is 0.361 e. The molecule has 0 aromatic carbocycles. The van der Waals surface area contributed by atoms with Crippen molar-refractivity contribution in [2.24, 2.45) is 0 Å². The second kappa shape index (κ2) is 8.29. The average Bonchev–Trinajstić information content (AvgIpc) is 2.87. The summed E-state index contributed by atoms with van der Waals surface area (Å²) in [6, 6.07) is 0.0617. The number of piperidine rings is 1. The minimum atomic E-state index is -3.43. The van der Waals surface area contributed by atoms with E-state index in [-0.39, 0.29) is 18.4 Å². The van der Waals surface area contributed by atoms with Crippen LogP contribution in [0.4, 0.5) is 0 Å². The molecule has 1 N–H and O–H groups in total. The third-order valence-electron chi connectivity index (χ3n) is 4.70. The van der Waals surface area contributed by atoms with Crippen molar-refractivity contribution in [1.29, 1.82) is 0 Å². The molecular weight excluding hydrogens is 344 g/mol. The first-order valence-corrected chi connectivity index (χ1v) is 10.0. The molecule has 142 valence electrons. The maximum Gasteiger partial charge on any atom is 0.278 e. The Morgan fingerprint density at radius 1 is 1.36 bits per heavy atom. The number of rotatable bonds is 7. The van der Waals surface area contributed by atoms with Crippen molar-refractivity contribution in [1.82, 2.24) is 19.1 Å². The molecule has 0 radical (unpaired) electrons. The lowest BCUT2D eigenvalue weighted by molar-refractivity contribution is -0.134. The zero-order chi connectivity index (χ0) is 18.6. The third-order valence-corrected chi connectivity index (χ3v) is 6.23. The summed E-state index contributed by atoms with van der Waals surface area (Å²) in [5, 5.41) is 3.90. The van der Waals surface area contributed by atoms with Crippen LogP contribution in [0.25, 0.3) is 0 Å². The Labute approximate surface area is 149 Å². The van der Waals surface area contributed by atoms with Gasteiger partial charge < -0.3 is 9.42 Å². The van der Waals surface area contributed by atoms with E-state index in [1.165, 1.54) is 14.1 Å². The molecule has 25 heavy (non-hydrogen) atoms. The van der Waals surface area contributed by atoms with E-state index >= 15 is 0 Å². The number of carbonyl (C=O) groups excluding carboxylic acids is 1. The standard InChI is InChI=1S/C16H28N4O4S/c1-12-15(13(2)24-18-12)11-16(21)20-10-6-5-7-14(20)8-9-17-25(22,23)19(3)4/h14,17H,5-11H2,1-4H3/t14-/m1/s1. The minimum absolute atomic E-state index is 0.0505. The van der Waals surface area contributed by atoms with Crippen LogP contribution >= 0.6 is 0 Å². The van der Waals surface area contributed by atoms with Crippen LogP contribution in [0.5, 0.6) is 0 Å². The van der Waals surface area contributed by atoms with Gasteiger partial charge in [0.2, 0.25) is 5.91 Å². The molecule has 1 saturated heterocycles. The molecule has 0 bridgehead atoms. The van der Waals surface area contributed by atoms with E-state index in [1.54, 1.807) is 0 Å². The monoisotopic (exact) mass is 372 g/mol. The number of hydrogen-bond acceptors (Lipinski definition) is 5. The fourth-order valence-electron chi connectivity index (χ4n) is 3.12.